The van der Waals surface area contributed by atoms with E-state index in [0.29, 0.717) is 10.0 Å². The number of hydrogen-bond acceptors (Lipinski definition) is 3. The van der Waals surface area contributed by atoms with Crippen LogP contribution in [0.15, 0.2) is 22.9 Å². The molecule has 0 saturated carbocycles. The van der Waals surface area contributed by atoms with Crippen LogP contribution in [0.5, 0.6) is 0 Å². The third-order valence-corrected chi connectivity index (χ3v) is 1.74. The SMILES string of the molecule is NC(=O)C(O)c1cncc(Br)c1. The van der Waals surface area contributed by atoms with Crippen molar-refractivity contribution in [1.29, 1.82) is 0 Å². The molecule has 0 aromatic carbocycles. The van der Waals surface area contributed by atoms with E-state index in [0.717, 1.165) is 0 Å². The quantitative estimate of drug-likeness (QED) is 0.771. The van der Waals surface area contributed by atoms with Crippen molar-refractivity contribution in [3.8, 4) is 0 Å². The van der Waals surface area contributed by atoms with Gasteiger partial charge in [0.25, 0.3) is 5.91 Å². The molecule has 12 heavy (non-hydrogen) atoms. The van der Waals surface area contributed by atoms with Gasteiger partial charge in [-0.3, -0.25) is 9.78 Å². The molecule has 0 radical (unpaired) electrons. The van der Waals surface area contributed by atoms with E-state index < -0.39 is 12.0 Å². The summed E-state index contributed by atoms with van der Waals surface area (Å²) in [6.45, 7) is 0. The number of halogens is 1. The zero-order chi connectivity index (χ0) is 9.14. The van der Waals surface area contributed by atoms with Crippen LogP contribution in [0.1, 0.15) is 11.7 Å². The second-order valence-corrected chi connectivity index (χ2v) is 3.16. The van der Waals surface area contributed by atoms with Crippen LogP contribution in [0.3, 0.4) is 0 Å². The molecule has 0 aliphatic heterocycles. The van der Waals surface area contributed by atoms with Crippen molar-refractivity contribution in [2.24, 2.45) is 5.73 Å². The summed E-state index contributed by atoms with van der Waals surface area (Å²) in [4.78, 5) is 14.3. The minimum Gasteiger partial charge on any atom is -0.378 e. The molecule has 1 heterocycles. The summed E-state index contributed by atoms with van der Waals surface area (Å²) in [5.74, 6) is -0.782. The molecule has 3 N–H and O–H groups in total. The molecular formula is C7H7BrN2O2. The molecule has 0 bridgehead atoms. The van der Waals surface area contributed by atoms with E-state index in [4.69, 9.17) is 5.73 Å². The summed E-state index contributed by atoms with van der Waals surface area (Å²) in [5.41, 5.74) is 5.27. The van der Waals surface area contributed by atoms with Crippen LogP contribution in [-0.2, 0) is 4.79 Å². The zero-order valence-corrected chi connectivity index (χ0v) is 7.65. The van der Waals surface area contributed by atoms with Crippen molar-refractivity contribution in [2.45, 2.75) is 6.10 Å². The Labute approximate surface area is 77.5 Å². The number of pyridine rings is 1. The molecule has 0 spiro atoms. The monoisotopic (exact) mass is 230 g/mol. The summed E-state index contributed by atoms with van der Waals surface area (Å²) in [5, 5.41) is 9.19. The molecule has 4 nitrogen and oxygen atoms in total. The Morgan fingerprint density at radius 1 is 1.67 bits per heavy atom. The van der Waals surface area contributed by atoms with Crippen molar-refractivity contribution in [3.05, 3.63) is 28.5 Å². The summed E-state index contributed by atoms with van der Waals surface area (Å²) in [6.07, 6.45) is 1.66. The first-order valence-electron chi connectivity index (χ1n) is 3.19. The van der Waals surface area contributed by atoms with E-state index in [2.05, 4.69) is 20.9 Å². The number of amides is 1. The van der Waals surface area contributed by atoms with Crippen LogP contribution in [0, 0.1) is 0 Å². The molecule has 0 saturated heterocycles. The fraction of sp³-hybridized carbons (Fsp3) is 0.143. The maximum absolute atomic E-state index is 10.5. The number of aromatic nitrogens is 1. The lowest BCUT2D eigenvalue weighted by Gasteiger charge is -2.05. The van der Waals surface area contributed by atoms with Crippen LogP contribution in [0.25, 0.3) is 0 Å². The third-order valence-electron chi connectivity index (χ3n) is 1.31. The number of nitrogens with two attached hydrogens (primary N) is 1. The van der Waals surface area contributed by atoms with E-state index in [1.807, 2.05) is 0 Å². The van der Waals surface area contributed by atoms with E-state index in [1.54, 1.807) is 12.3 Å². The topological polar surface area (TPSA) is 76.2 Å². The number of carbonyl (C=O) groups is 1. The molecule has 0 aliphatic carbocycles. The van der Waals surface area contributed by atoms with E-state index >= 15 is 0 Å². The number of carbonyl (C=O) groups excluding carboxylic acids is 1. The first kappa shape index (κ1) is 9.15. The predicted octanol–water partition coefficient (Wildman–Crippen LogP) is 0.363. The van der Waals surface area contributed by atoms with Crippen molar-refractivity contribution in [3.63, 3.8) is 0 Å². The van der Waals surface area contributed by atoms with Gasteiger partial charge in [0.2, 0.25) is 0 Å². The Kier molecular flexibility index (Phi) is 2.78. The predicted molar refractivity (Wildman–Crippen MR) is 46.1 cm³/mol. The lowest BCUT2D eigenvalue weighted by molar-refractivity contribution is -0.126. The molecule has 64 valence electrons. The standard InChI is InChI=1S/C7H7BrN2O2/c8-5-1-4(2-10-3-5)6(11)7(9)12/h1-3,6,11H,(H2,9,12). The van der Waals surface area contributed by atoms with Gasteiger partial charge in [-0.05, 0) is 22.0 Å². The minimum absolute atomic E-state index is 0.386. The normalized spacial score (nSPS) is 12.5. The highest BCUT2D eigenvalue weighted by molar-refractivity contribution is 9.10. The van der Waals surface area contributed by atoms with Crippen LogP contribution in [0.2, 0.25) is 0 Å². The van der Waals surface area contributed by atoms with Gasteiger partial charge in [-0.15, -0.1) is 0 Å². The summed E-state index contributed by atoms with van der Waals surface area (Å²) in [7, 11) is 0. The molecular weight excluding hydrogens is 224 g/mol. The molecule has 1 rings (SSSR count). The van der Waals surface area contributed by atoms with Crippen molar-refractivity contribution >= 4 is 21.8 Å². The molecule has 1 aromatic heterocycles. The van der Waals surface area contributed by atoms with Gasteiger partial charge < -0.3 is 10.8 Å². The van der Waals surface area contributed by atoms with E-state index in [9.17, 15) is 9.90 Å². The number of primary amides is 1. The van der Waals surface area contributed by atoms with Gasteiger partial charge >= 0.3 is 0 Å². The van der Waals surface area contributed by atoms with Crippen molar-refractivity contribution in [1.82, 2.24) is 4.98 Å². The Morgan fingerprint density at radius 3 is 2.83 bits per heavy atom. The van der Waals surface area contributed by atoms with Gasteiger partial charge in [0.1, 0.15) is 0 Å². The molecule has 0 aliphatic rings. The van der Waals surface area contributed by atoms with Gasteiger partial charge in [0.05, 0.1) is 0 Å². The fourth-order valence-corrected chi connectivity index (χ4v) is 1.12. The zero-order valence-electron chi connectivity index (χ0n) is 6.07. The minimum atomic E-state index is -1.28. The molecule has 1 amide bonds. The largest absolute Gasteiger partial charge is 0.378 e. The summed E-state index contributed by atoms with van der Waals surface area (Å²) >= 11 is 3.15. The van der Waals surface area contributed by atoms with Gasteiger partial charge in [-0.2, -0.15) is 0 Å². The third kappa shape index (κ3) is 2.02. The molecule has 1 unspecified atom stereocenters. The van der Waals surface area contributed by atoms with Gasteiger partial charge in [-0.25, -0.2) is 0 Å². The summed E-state index contributed by atoms with van der Waals surface area (Å²) in [6, 6.07) is 1.59. The lowest BCUT2D eigenvalue weighted by atomic mass is 10.1. The number of aliphatic hydroxyl groups is 1. The second-order valence-electron chi connectivity index (χ2n) is 2.24. The smallest absolute Gasteiger partial charge is 0.250 e. The van der Waals surface area contributed by atoms with Crippen LogP contribution in [0.4, 0.5) is 0 Å². The average Bonchev–Trinajstić information content (AvgIpc) is 2.03. The number of aliphatic hydroxyl groups excluding tert-OH is 1. The first-order valence-corrected chi connectivity index (χ1v) is 3.98. The summed E-state index contributed by atoms with van der Waals surface area (Å²) < 4.78 is 0.695. The van der Waals surface area contributed by atoms with Crippen LogP contribution < -0.4 is 5.73 Å². The Bertz CT molecular complexity index is 303. The fourth-order valence-electron chi connectivity index (χ4n) is 0.742. The number of rotatable bonds is 2. The van der Waals surface area contributed by atoms with E-state index in [-0.39, 0.29) is 0 Å². The van der Waals surface area contributed by atoms with Crippen LogP contribution >= 0.6 is 15.9 Å². The molecule has 0 fully saturated rings. The maximum atomic E-state index is 10.5. The number of nitrogens with zero attached hydrogens (tertiary/aromatic N) is 1. The Hall–Kier alpha value is -0.940. The van der Waals surface area contributed by atoms with Gasteiger partial charge in [-0.1, -0.05) is 0 Å². The Morgan fingerprint density at radius 2 is 2.33 bits per heavy atom. The number of hydrogen-bond donors (Lipinski definition) is 2. The van der Waals surface area contributed by atoms with E-state index in [1.165, 1.54) is 6.20 Å². The van der Waals surface area contributed by atoms with Gasteiger partial charge in [0.15, 0.2) is 6.10 Å². The average molecular weight is 231 g/mol. The van der Waals surface area contributed by atoms with Crippen molar-refractivity contribution < 1.29 is 9.90 Å². The van der Waals surface area contributed by atoms with Gasteiger partial charge in [0, 0.05) is 22.4 Å². The molecule has 1 atom stereocenters. The highest BCUT2D eigenvalue weighted by atomic mass is 79.9. The highest BCUT2D eigenvalue weighted by Crippen LogP contribution is 2.15. The maximum Gasteiger partial charge on any atom is 0.250 e. The molecule has 1 aromatic rings. The van der Waals surface area contributed by atoms with Crippen LogP contribution in [-0.4, -0.2) is 16.0 Å². The molecule has 5 heteroatoms. The van der Waals surface area contributed by atoms with Crippen molar-refractivity contribution in [2.75, 3.05) is 0 Å². The highest BCUT2D eigenvalue weighted by Gasteiger charge is 2.13. The Balaban J connectivity index is 2.95. The first-order chi connectivity index (χ1) is 5.61. The lowest BCUT2D eigenvalue weighted by Crippen LogP contribution is -2.20. The second kappa shape index (κ2) is 3.64.